The summed E-state index contributed by atoms with van der Waals surface area (Å²) in [7, 11) is 1.31. The number of carbonyl (C=O) groups is 2. The third-order valence-corrected chi connectivity index (χ3v) is 4.54. The van der Waals surface area contributed by atoms with E-state index < -0.39 is 11.5 Å². The van der Waals surface area contributed by atoms with E-state index in [-0.39, 0.29) is 5.91 Å². The first kappa shape index (κ1) is 15.2. The molecule has 1 aromatic rings. The number of methoxy groups -OCH3 is 1. The van der Waals surface area contributed by atoms with Crippen LogP contribution in [0.3, 0.4) is 0 Å². The second-order valence-electron chi connectivity index (χ2n) is 4.18. The van der Waals surface area contributed by atoms with Crippen LogP contribution >= 0.6 is 27.3 Å². The van der Waals surface area contributed by atoms with Crippen molar-refractivity contribution >= 4 is 39.1 Å². The lowest BCUT2D eigenvalue weighted by Gasteiger charge is -2.26. The Morgan fingerprint density at radius 3 is 2.56 bits per heavy atom. The lowest BCUT2D eigenvalue weighted by atomic mass is 9.98. The van der Waals surface area contributed by atoms with Gasteiger partial charge in [0, 0.05) is 4.88 Å². The summed E-state index contributed by atoms with van der Waals surface area (Å²) in [6, 6.07) is 1.79. The van der Waals surface area contributed by atoms with E-state index in [2.05, 4.69) is 21.2 Å². The Bertz CT molecular complexity index is 472. The smallest absolute Gasteiger partial charge is 0.331 e. The molecule has 1 N–H and O–H groups in total. The van der Waals surface area contributed by atoms with E-state index in [1.54, 1.807) is 13.0 Å². The molecule has 18 heavy (non-hydrogen) atoms. The molecule has 0 aliphatic rings. The fourth-order valence-electron chi connectivity index (χ4n) is 1.47. The van der Waals surface area contributed by atoms with E-state index in [4.69, 9.17) is 4.74 Å². The Labute approximate surface area is 119 Å². The molecule has 1 atom stereocenters. The van der Waals surface area contributed by atoms with E-state index in [0.29, 0.717) is 12.0 Å². The van der Waals surface area contributed by atoms with Crippen LogP contribution in [0, 0.1) is 6.92 Å². The molecule has 0 saturated carbocycles. The molecule has 0 radical (unpaired) electrons. The molecule has 0 saturated heterocycles. The average Bonchev–Trinajstić information content (AvgIpc) is 2.67. The summed E-state index contributed by atoms with van der Waals surface area (Å²) in [5, 5.41) is 2.73. The van der Waals surface area contributed by atoms with Crippen molar-refractivity contribution in [2.45, 2.75) is 32.7 Å². The van der Waals surface area contributed by atoms with Gasteiger partial charge in [-0.2, -0.15) is 0 Å². The van der Waals surface area contributed by atoms with Gasteiger partial charge >= 0.3 is 5.97 Å². The van der Waals surface area contributed by atoms with Gasteiger partial charge in [0.2, 0.25) is 0 Å². The van der Waals surface area contributed by atoms with E-state index in [1.165, 1.54) is 18.4 Å². The van der Waals surface area contributed by atoms with Crippen LogP contribution in [0.25, 0.3) is 0 Å². The van der Waals surface area contributed by atoms with E-state index in [0.717, 1.165) is 8.66 Å². The number of hydrogen-bond acceptors (Lipinski definition) is 4. The molecule has 0 aliphatic heterocycles. The zero-order valence-electron chi connectivity index (χ0n) is 10.8. The highest BCUT2D eigenvalue weighted by Gasteiger charge is 2.34. The topological polar surface area (TPSA) is 55.4 Å². The van der Waals surface area contributed by atoms with Crippen molar-refractivity contribution in [1.82, 2.24) is 5.32 Å². The van der Waals surface area contributed by atoms with Gasteiger partial charge < -0.3 is 10.1 Å². The molecule has 0 spiro atoms. The SMILES string of the molecule is CC[C@](C)(NC(=O)c1cc(C)sc1Br)C(=O)OC. The zero-order valence-corrected chi connectivity index (χ0v) is 13.2. The van der Waals surface area contributed by atoms with Crippen LogP contribution in [-0.4, -0.2) is 24.5 Å². The Hall–Kier alpha value is -0.880. The van der Waals surface area contributed by atoms with Gasteiger partial charge in [-0.1, -0.05) is 6.92 Å². The van der Waals surface area contributed by atoms with Crippen molar-refractivity contribution in [3.05, 3.63) is 20.3 Å². The summed E-state index contributed by atoms with van der Waals surface area (Å²) in [4.78, 5) is 24.8. The number of amides is 1. The first-order valence-corrected chi connectivity index (χ1v) is 7.12. The first-order valence-electron chi connectivity index (χ1n) is 5.51. The van der Waals surface area contributed by atoms with Gasteiger partial charge in [-0.05, 0) is 42.3 Å². The maximum Gasteiger partial charge on any atom is 0.331 e. The van der Waals surface area contributed by atoms with Gasteiger partial charge in [0.25, 0.3) is 5.91 Å². The van der Waals surface area contributed by atoms with Gasteiger partial charge in [0.15, 0.2) is 0 Å². The van der Waals surface area contributed by atoms with Crippen LogP contribution in [0.4, 0.5) is 0 Å². The molecular weight excluding hydrogens is 318 g/mol. The second-order valence-corrected chi connectivity index (χ2v) is 6.75. The molecule has 0 unspecified atom stereocenters. The van der Waals surface area contributed by atoms with Gasteiger partial charge in [-0.15, -0.1) is 11.3 Å². The largest absolute Gasteiger partial charge is 0.467 e. The van der Waals surface area contributed by atoms with E-state index >= 15 is 0 Å². The highest BCUT2D eigenvalue weighted by Crippen LogP contribution is 2.28. The van der Waals surface area contributed by atoms with Gasteiger partial charge in [-0.25, -0.2) is 4.79 Å². The predicted octanol–water partition coefficient (Wildman–Crippen LogP) is 2.89. The summed E-state index contributed by atoms with van der Waals surface area (Å²) in [6.07, 6.45) is 0.464. The van der Waals surface area contributed by atoms with Crippen molar-refractivity contribution < 1.29 is 14.3 Å². The third kappa shape index (κ3) is 3.11. The zero-order chi connectivity index (χ0) is 13.9. The fraction of sp³-hybridized carbons (Fsp3) is 0.500. The highest BCUT2D eigenvalue weighted by atomic mass is 79.9. The number of halogens is 1. The van der Waals surface area contributed by atoms with Crippen molar-refractivity contribution in [2.75, 3.05) is 7.11 Å². The number of hydrogen-bond donors (Lipinski definition) is 1. The minimum atomic E-state index is -0.999. The number of aryl methyl sites for hydroxylation is 1. The van der Waals surface area contributed by atoms with Crippen molar-refractivity contribution in [3.63, 3.8) is 0 Å². The minimum absolute atomic E-state index is 0.277. The molecule has 4 nitrogen and oxygen atoms in total. The van der Waals surface area contributed by atoms with Crippen LogP contribution in [0.15, 0.2) is 9.85 Å². The van der Waals surface area contributed by atoms with Crippen molar-refractivity contribution in [1.29, 1.82) is 0 Å². The first-order chi connectivity index (χ1) is 8.34. The van der Waals surface area contributed by atoms with Crippen LogP contribution in [-0.2, 0) is 9.53 Å². The number of esters is 1. The van der Waals surface area contributed by atoms with E-state index in [9.17, 15) is 9.59 Å². The van der Waals surface area contributed by atoms with E-state index in [1.807, 2.05) is 13.8 Å². The molecule has 0 aromatic carbocycles. The lowest BCUT2D eigenvalue weighted by Crippen LogP contribution is -2.52. The third-order valence-electron chi connectivity index (χ3n) is 2.79. The molecule has 0 bridgehead atoms. The quantitative estimate of drug-likeness (QED) is 0.862. The Kier molecular flexibility index (Phi) is 4.92. The number of nitrogens with one attached hydrogen (secondary N) is 1. The summed E-state index contributed by atoms with van der Waals surface area (Å²) in [5.41, 5.74) is -0.456. The van der Waals surface area contributed by atoms with Crippen LogP contribution < -0.4 is 5.32 Å². The molecular formula is C12H16BrNO3S. The Balaban J connectivity index is 2.93. The molecule has 0 fully saturated rings. The molecule has 6 heteroatoms. The minimum Gasteiger partial charge on any atom is -0.467 e. The Morgan fingerprint density at radius 1 is 1.56 bits per heavy atom. The number of carbonyl (C=O) groups excluding carboxylic acids is 2. The summed E-state index contributed by atoms with van der Waals surface area (Å²) >= 11 is 4.83. The normalized spacial score (nSPS) is 13.8. The van der Waals surface area contributed by atoms with Gasteiger partial charge in [0.05, 0.1) is 16.5 Å². The average molecular weight is 334 g/mol. The lowest BCUT2D eigenvalue weighted by molar-refractivity contribution is -0.147. The standard InChI is InChI=1S/C12H16BrNO3S/c1-5-12(3,11(16)17-4)14-10(15)8-6-7(2)18-9(8)13/h6H,5H2,1-4H3,(H,14,15)/t12-/m0/s1. The van der Waals surface area contributed by atoms with Crippen LogP contribution in [0.1, 0.15) is 35.5 Å². The summed E-state index contributed by atoms with van der Waals surface area (Å²) in [6.45, 7) is 5.40. The number of thiophene rings is 1. The molecule has 100 valence electrons. The second kappa shape index (κ2) is 5.84. The predicted molar refractivity (Wildman–Crippen MR) is 74.9 cm³/mol. The maximum atomic E-state index is 12.1. The maximum absolute atomic E-state index is 12.1. The molecule has 0 aliphatic carbocycles. The van der Waals surface area contributed by atoms with Crippen molar-refractivity contribution in [2.24, 2.45) is 0 Å². The van der Waals surface area contributed by atoms with Crippen LogP contribution in [0.2, 0.25) is 0 Å². The number of ether oxygens (including phenoxy) is 1. The monoisotopic (exact) mass is 333 g/mol. The fourth-order valence-corrected chi connectivity index (χ4v) is 3.25. The molecule has 1 amide bonds. The van der Waals surface area contributed by atoms with Gasteiger partial charge in [0.1, 0.15) is 5.54 Å². The molecule has 1 heterocycles. The highest BCUT2D eigenvalue weighted by molar-refractivity contribution is 9.11. The van der Waals surface area contributed by atoms with Crippen LogP contribution in [0.5, 0.6) is 0 Å². The molecule has 1 aromatic heterocycles. The Morgan fingerprint density at radius 2 is 2.17 bits per heavy atom. The molecule has 1 rings (SSSR count). The van der Waals surface area contributed by atoms with Gasteiger partial charge in [-0.3, -0.25) is 4.79 Å². The summed E-state index contributed by atoms with van der Waals surface area (Å²) < 4.78 is 5.48. The van der Waals surface area contributed by atoms with Crippen molar-refractivity contribution in [3.8, 4) is 0 Å². The summed E-state index contributed by atoms with van der Waals surface area (Å²) in [5.74, 6) is -0.720. The number of rotatable bonds is 4.